The Labute approximate surface area is 159 Å². The van der Waals surface area contributed by atoms with Crippen LogP contribution in [0.3, 0.4) is 0 Å². The molecule has 4 nitrogen and oxygen atoms in total. The van der Waals surface area contributed by atoms with Gasteiger partial charge >= 0.3 is 0 Å². The Morgan fingerprint density at radius 2 is 1.96 bits per heavy atom. The normalized spacial score (nSPS) is 10.5. The van der Waals surface area contributed by atoms with E-state index in [1.807, 2.05) is 5.38 Å². The molecular formula is C19H16ClFN2O2S. The molecule has 0 saturated heterocycles. The molecule has 0 saturated carbocycles. The summed E-state index contributed by atoms with van der Waals surface area (Å²) in [7, 11) is 0. The maximum atomic E-state index is 13.5. The van der Waals surface area contributed by atoms with Gasteiger partial charge in [0.15, 0.2) is 0 Å². The first-order valence-electron chi connectivity index (χ1n) is 7.92. The van der Waals surface area contributed by atoms with Gasteiger partial charge in [-0.1, -0.05) is 29.8 Å². The standard InChI is InChI=1S/C19H16ClFN2O2S/c20-14-5-7-16(8-6-14)25-11-19-23-15(12-26-19)9-18(24)22-10-13-3-1-2-4-17(13)21/h1-8,12H,9-11H2,(H,22,24). The molecule has 1 aromatic heterocycles. The van der Waals surface area contributed by atoms with E-state index in [4.69, 9.17) is 16.3 Å². The summed E-state index contributed by atoms with van der Waals surface area (Å²) in [6.45, 7) is 0.478. The number of nitrogens with one attached hydrogen (secondary N) is 1. The fourth-order valence-corrected chi connectivity index (χ4v) is 3.07. The Bertz CT molecular complexity index is 883. The lowest BCUT2D eigenvalue weighted by molar-refractivity contribution is -0.120. The molecule has 0 bridgehead atoms. The Morgan fingerprint density at radius 1 is 1.19 bits per heavy atom. The van der Waals surface area contributed by atoms with E-state index in [9.17, 15) is 9.18 Å². The van der Waals surface area contributed by atoms with E-state index >= 15 is 0 Å². The molecule has 26 heavy (non-hydrogen) atoms. The van der Waals surface area contributed by atoms with Crippen molar-refractivity contribution >= 4 is 28.8 Å². The number of amides is 1. The highest BCUT2D eigenvalue weighted by molar-refractivity contribution is 7.09. The number of carbonyl (C=O) groups excluding carboxylic acids is 1. The zero-order valence-corrected chi connectivity index (χ0v) is 15.3. The van der Waals surface area contributed by atoms with E-state index in [0.717, 1.165) is 5.01 Å². The van der Waals surface area contributed by atoms with Crippen molar-refractivity contribution in [2.45, 2.75) is 19.6 Å². The third-order valence-corrected chi connectivity index (χ3v) is 4.67. The van der Waals surface area contributed by atoms with Gasteiger partial charge in [-0.25, -0.2) is 9.37 Å². The van der Waals surface area contributed by atoms with Gasteiger partial charge in [0.25, 0.3) is 0 Å². The highest BCUT2D eigenvalue weighted by Crippen LogP contribution is 2.18. The molecule has 0 aliphatic heterocycles. The van der Waals surface area contributed by atoms with Gasteiger partial charge < -0.3 is 10.1 Å². The predicted octanol–water partition coefficient (Wildman–Crippen LogP) is 4.37. The van der Waals surface area contributed by atoms with Crippen molar-refractivity contribution < 1.29 is 13.9 Å². The summed E-state index contributed by atoms with van der Waals surface area (Å²) in [4.78, 5) is 16.4. The second-order valence-electron chi connectivity index (χ2n) is 5.52. The average Bonchev–Trinajstić information content (AvgIpc) is 3.08. The molecule has 0 radical (unpaired) electrons. The Morgan fingerprint density at radius 3 is 2.73 bits per heavy atom. The minimum Gasteiger partial charge on any atom is -0.486 e. The summed E-state index contributed by atoms with van der Waals surface area (Å²) >= 11 is 7.26. The van der Waals surface area contributed by atoms with Gasteiger partial charge in [0.2, 0.25) is 5.91 Å². The molecule has 0 aliphatic carbocycles. The lowest BCUT2D eigenvalue weighted by atomic mass is 10.2. The summed E-state index contributed by atoms with van der Waals surface area (Å²) in [5.74, 6) is 0.167. The topological polar surface area (TPSA) is 51.2 Å². The first-order chi connectivity index (χ1) is 12.6. The first-order valence-corrected chi connectivity index (χ1v) is 9.17. The van der Waals surface area contributed by atoms with E-state index < -0.39 is 0 Å². The Balaban J connectivity index is 1.47. The monoisotopic (exact) mass is 390 g/mol. The molecule has 0 aliphatic rings. The lowest BCUT2D eigenvalue weighted by Crippen LogP contribution is -2.25. The van der Waals surface area contributed by atoms with Gasteiger partial charge in [0.05, 0.1) is 12.1 Å². The van der Waals surface area contributed by atoms with Gasteiger partial charge in [-0.15, -0.1) is 11.3 Å². The second kappa shape index (κ2) is 8.78. The number of halogens is 2. The van der Waals surface area contributed by atoms with E-state index in [0.29, 0.717) is 28.6 Å². The largest absolute Gasteiger partial charge is 0.486 e. The summed E-state index contributed by atoms with van der Waals surface area (Å²) < 4.78 is 19.2. The number of carbonyl (C=O) groups is 1. The SMILES string of the molecule is O=C(Cc1csc(COc2ccc(Cl)cc2)n1)NCc1ccccc1F. The quantitative estimate of drug-likeness (QED) is 0.651. The summed E-state index contributed by atoms with van der Waals surface area (Å²) in [6.07, 6.45) is 0.145. The molecule has 0 atom stereocenters. The summed E-state index contributed by atoms with van der Waals surface area (Å²) in [6, 6.07) is 13.4. The van der Waals surface area contributed by atoms with E-state index in [2.05, 4.69) is 10.3 Å². The van der Waals surface area contributed by atoms with Gasteiger partial charge in [-0.05, 0) is 30.3 Å². The molecular weight excluding hydrogens is 375 g/mol. The second-order valence-corrected chi connectivity index (χ2v) is 6.90. The van der Waals surface area contributed by atoms with Crippen LogP contribution >= 0.6 is 22.9 Å². The summed E-state index contributed by atoms with van der Waals surface area (Å²) in [5.41, 5.74) is 1.12. The number of ether oxygens (including phenoxy) is 1. The van der Waals surface area contributed by atoms with Crippen molar-refractivity contribution in [3.63, 3.8) is 0 Å². The van der Waals surface area contributed by atoms with Crippen LogP contribution in [0.5, 0.6) is 5.75 Å². The Kier molecular flexibility index (Phi) is 6.20. The van der Waals surface area contributed by atoms with E-state index in [1.54, 1.807) is 42.5 Å². The number of hydrogen-bond acceptors (Lipinski definition) is 4. The fraction of sp³-hybridized carbons (Fsp3) is 0.158. The fourth-order valence-electron chi connectivity index (χ4n) is 2.23. The molecule has 1 amide bonds. The van der Waals surface area contributed by atoms with Gasteiger partial charge in [-0.3, -0.25) is 4.79 Å². The lowest BCUT2D eigenvalue weighted by Gasteiger charge is -2.05. The van der Waals surface area contributed by atoms with Crippen molar-refractivity contribution in [3.8, 4) is 5.75 Å². The molecule has 134 valence electrons. The number of nitrogens with zero attached hydrogens (tertiary/aromatic N) is 1. The van der Waals surface area contributed by atoms with Gasteiger partial charge in [-0.2, -0.15) is 0 Å². The maximum Gasteiger partial charge on any atom is 0.226 e. The van der Waals surface area contributed by atoms with Crippen molar-refractivity contribution in [3.05, 3.63) is 81.0 Å². The van der Waals surface area contributed by atoms with Crippen LogP contribution in [0.25, 0.3) is 0 Å². The number of thiazole rings is 1. The van der Waals surface area contributed by atoms with Crippen LogP contribution in [0.4, 0.5) is 4.39 Å². The molecule has 3 rings (SSSR count). The first kappa shape index (κ1) is 18.4. The molecule has 0 spiro atoms. The molecule has 1 N–H and O–H groups in total. The zero-order chi connectivity index (χ0) is 18.4. The third kappa shape index (κ3) is 5.28. The van der Waals surface area contributed by atoms with Crippen LogP contribution < -0.4 is 10.1 Å². The third-order valence-electron chi connectivity index (χ3n) is 3.55. The number of aromatic nitrogens is 1. The number of rotatable bonds is 7. The predicted molar refractivity (Wildman–Crippen MR) is 99.8 cm³/mol. The minimum atomic E-state index is -0.330. The van der Waals surface area contributed by atoms with Crippen LogP contribution in [0.15, 0.2) is 53.9 Å². The van der Waals surface area contributed by atoms with Crippen LogP contribution in [-0.4, -0.2) is 10.9 Å². The molecule has 2 aromatic carbocycles. The van der Waals surface area contributed by atoms with Crippen molar-refractivity contribution in [2.24, 2.45) is 0 Å². The zero-order valence-electron chi connectivity index (χ0n) is 13.7. The molecule has 0 fully saturated rings. The molecule has 3 aromatic rings. The number of hydrogen-bond donors (Lipinski definition) is 1. The van der Waals surface area contributed by atoms with Crippen LogP contribution in [0.2, 0.25) is 5.02 Å². The highest BCUT2D eigenvalue weighted by atomic mass is 35.5. The van der Waals surface area contributed by atoms with Crippen molar-refractivity contribution in [1.82, 2.24) is 10.3 Å². The van der Waals surface area contributed by atoms with E-state index in [1.165, 1.54) is 17.4 Å². The Hall–Kier alpha value is -2.44. The van der Waals surface area contributed by atoms with Crippen LogP contribution in [-0.2, 0) is 24.4 Å². The summed E-state index contributed by atoms with van der Waals surface area (Å²) in [5, 5.41) is 5.95. The molecule has 0 unspecified atom stereocenters. The van der Waals surface area contributed by atoms with E-state index in [-0.39, 0.29) is 24.7 Å². The maximum absolute atomic E-state index is 13.5. The highest BCUT2D eigenvalue weighted by Gasteiger charge is 2.09. The minimum absolute atomic E-state index is 0.145. The van der Waals surface area contributed by atoms with Crippen molar-refractivity contribution in [2.75, 3.05) is 0 Å². The smallest absolute Gasteiger partial charge is 0.226 e. The van der Waals surface area contributed by atoms with Crippen LogP contribution in [0, 0.1) is 5.82 Å². The van der Waals surface area contributed by atoms with Gasteiger partial charge in [0.1, 0.15) is 23.2 Å². The molecule has 1 heterocycles. The van der Waals surface area contributed by atoms with Gasteiger partial charge in [0, 0.05) is 22.5 Å². The average molecular weight is 391 g/mol. The van der Waals surface area contributed by atoms with Crippen LogP contribution in [0.1, 0.15) is 16.3 Å². The molecule has 7 heteroatoms. The van der Waals surface area contributed by atoms with Crippen molar-refractivity contribution in [1.29, 1.82) is 0 Å². The number of benzene rings is 2.